The first-order valence-electron chi connectivity index (χ1n) is 12.8. The van der Waals surface area contributed by atoms with E-state index >= 15 is 0 Å². The maximum absolute atomic E-state index is 4.98. The van der Waals surface area contributed by atoms with E-state index in [-0.39, 0.29) is 0 Å². The average Bonchev–Trinajstić information content (AvgIpc) is 2.97. The second-order valence-electron chi connectivity index (χ2n) is 9.57. The number of hydrogen-bond acceptors (Lipinski definition) is 3. The molecular weight excluding hydrogens is 462 g/mol. The topological polar surface area (TPSA) is 38.7 Å². The fraction of sp³-hybridized carbons (Fsp3) is 0.0571. The van der Waals surface area contributed by atoms with Gasteiger partial charge in [-0.15, -0.1) is 0 Å². The van der Waals surface area contributed by atoms with Crippen LogP contribution in [0.2, 0.25) is 0 Å². The Morgan fingerprint density at radius 2 is 0.658 bits per heavy atom. The van der Waals surface area contributed by atoms with Crippen LogP contribution in [-0.4, -0.2) is 15.0 Å². The van der Waals surface area contributed by atoms with E-state index in [1.165, 1.54) is 22.3 Å². The van der Waals surface area contributed by atoms with Gasteiger partial charge in [-0.1, -0.05) is 126 Å². The predicted octanol–water partition coefficient (Wildman–Crippen LogP) is 8.82. The van der Waals surface area contributed by atoms with E-state index in [9.17, 15) is 0 Å². The van der Waals surface area contributed by atoms with Gasteiger partial charge < -0.3 is 0 Å². The van der Waals surface area contributed by atoms with Gasteiger partial charge in [0.05, 0.1) is 0 Å². The summed E-state index contributed by atoms with van der Waals surface area (Å²) in [7, 11) is 0. The molecular formula is C35H27N3. The lowest BCUT2D eigenvalue weighted by molar-refractivity contribution is 1.07. The van der Waals surface area contributed by atoms with Crippen molar-refractivity contribution in [3.05, 3.63) is 139 Å². The zero-order chi connectivity index (χ0) is 25.9. The third-order valence-corrected chi connectivity index (χ3v) is 6.61. The Morgan fingerprint density at radius 3 is 1.11 bits per heavy atom. The molecule has 0 fully saturated rings. The first kappa shape index (κ1) is 23.5. The first-order chi connectivity index (χ1) is 18.6. The Kier molecular flexibility index (Phi) is 6.33. The molecule has 3 nitrogen and oxygen atoms in total. The summed E-state index contributed by atoms with van der Waals surface area (Å²) in [6.07, 6.45) is 0. The van der Waals surface area contributed by atoms with Crippen molar-refractivity contribution in [3.8, 4) is 56.4 Å². The molecule has 5 aromatic carbocycles. The highest BCUT2D eigenvalue weighted by molar-refractivity contribution is 5.74. The molecule has 6 rings (SSSR count). The molecule has 3 heteroatoms. The van der Waals surface area contributed by atoms with Crippen LogP contribution < -0.4 is 0 Å². The summed E-state index contributed by atoms with van der Waals surface area (Å²) in [5.74, 6) is 1.97. The number of aromatic nitrogens is 3. The summed E-state index contributed by atoms with van der Waals surface area (Å²) in [4.78, 5) is 14.8. The van der Waals surface area contributed by atoms with Gasteiger partial charge in [-0.3, -0.25) is 0 Å². The maximum atomic E-state index is 4.98. The van der Waals surface area contributed by atoms with Crippen molar-refractivity contribution in [2.75, 3.05) is 0 Å². The predicted molar refractivity (Wildman–Crippen MR) is 156 cm³/mol. The van der Waals surface area contributed by atoms with E-state index < -0.39 is 0 Å². The molecule has 0 radical (unpaired) electrons. The quantitative estimate of drug-likeness (QED) is 0.243. The molecule has 182 valence electrons. The number of aryl methyl sites for hydroxylation is 2. The van der Waals surface area contributed by atoms with Crippen molar-refractivity contribution < 1.29 is 0 Å². The van der Waals surface area contributed by atoms with Crippen molar-refractivity contribution in [2.24, 2.45) is 0 Å². The molecule has 0 bridgehead atoms. The average molecular weight is 490 g/mol. The molecule has 6 aromatic rings. The van der Waals surface area contributed by atoms with E-state index in [1.54, 1.807) is 0 Å². The van der Waals surface area contributed by atoms with Crippen molar-refractivity contribution in [2.45, 2.75) is 13.8 Å². The normalized spacial score (nSPS) is 10.9. The van der Waals surface area contributed by atoms with Crippen LogP contribution in [0.1, 0.15) is 11.1 Å². The molecule has 0 atom stereocenters. The molecule has 0 saturated carbocycles. The fourth-order valence-corrected chi connectivity index (χ4v) is 4.68. The number of benzene rings is 5. The summed E-state index contributed by atoms with van der Waals surface area (Å²) in [6.45, 7) is 4.23. The van der Waals surface area contributed by atoms with E-state index in [0.717, 1.165) is 27.8 Å². The molecule has 0 aliphatic rings. The van der Waals surface area contributed by atoms with Gasteiger partial charge in [0.2, 0.25) is 0 Å². The minimum absolute atomic E-state index is 0.657. The third kappa shape index (κ3) is 5.00. The van der Waals surface area contributed by atoms with Crippen molar-refractivity contribution in [1.29, 1.82) is 0 Å². The number of hydrogen-bond donors (Lipinski definition) is 0. The van der Waals surface area contributed by atoms with E-state index in [0.29, 0.717) is 17.5 Å². The zero-order valence-corrected chi connectivity index (χ0v) is 21.5. The maximum Gasteiger partial charge on any atom is 0.164 e. The third-order valence-electron chi connectivity index (χ3n) is 6.61. The SMILES string of the molecule is Cc1cccc(-c2cccc(-c3nc(-c4ccccc4)nc(-c4cccc(-c5cccc(C)c5)c4)n3)c2)c1. The Bertz CT molecular complexity index is 1630. The molecule has 0 unspecified atom stereocenters. The van der Waals surface area contributed by atoms with Crippen molar-refractivity contribution in [1.82, 2.24) is 15.0 Å². The highest BCUT2D eigenvalue weighted by Gasteiger charge is 2.13. The molecule has 0 aliphatic heterocycles. The summed E-state index contributed by atoms with van der Waals surface area (Å²) in [6, 6.07) is 44.0. The largest absolute Gasteiger partial charge is 0.208 e. The van der Waals surface area contributed by atoms with Crippen LogP contribution >= 0.6 is 0 Å². The minimum Gasteiger partial charge on any atom is -0.208 e. The Morgan fingerprint density at radius 1 is 0.316 bits per heavy atom. The van der Waals surface area contributed by atoms with Crippen LogP contribution in [-0.2, 0) is 0 Å². The van der Waals surface area contributed by atoms with Crippen LogP contribution in [0.5, 0.6) is 0 Å². The van der Waals surface area contributed by atoms with Gasteiger partial charge in [-0.25, -0.2) is 15.0 Å². The second kappa shape index (κ2) is 10.2. The van der Waals surface area contributed by atoms with Crippen LogP contribution in [0.25, 0.3) is 56.4 Å². The Labute approximate surface area is 223 Å². The summed E-state index contributed by atoms with van der Waals surface area (Å²) in [5.41, 5.74) is 9.96. The Hall–Kier alpha value is -4.89. The minimum atomic E-state index is 0.657. The molecule has 0 N–H and O–H groups in total. The molecule has 0 aliphatic carbocycles. The molecule has 1 heterocycles. The van der Waals surface area contributed by atoms with E-state index in [2.05, 4.69) is 111 Å². The van der Waals surface area contributed by atoms with Crippen molar-refractivity contribution >= 4 is 0 Å². The summed E-state index contributed by atoms with van der Waals surface area (Å²) in [5, 5.41) is 0. The summed E-state index contributed by atoms with van der Waals surface area (Å²) < 4.78 is 0. The smallest absolute Gasteiger partial charge is 0.164 e. The number of rotatable bonds is 5. The lowest BCUT2D eigenvalue weighted by Gasteiger charge is -2.11. The molecule has 0 amide bonds. The van der Waals surface area contributed by atoms with Gasteiger partial charge in [0.1, 0.15) is 0 Å². The van der Waals surface area contributed by atoms with Gasteiger partial charge in [-0.2, -0.15) is 0 Å². The molecule has 38 heavy (non-hydrogen) atoms. The van der Waals surface area contributed by atoms with E-state index in [4.69, 9.17) is 15.0 Å². The lowest BCUT2D eigenvalue weighted by atomic mass is 10.0. The van der Waals surface area contributed by atoms with Crippen LogP contribution in [0, 0.1) is 13.8 Å². The van der Waals surface area contributed by atoms with Gasteiger partial charge >= 0.3 is 0 Å². The van der Waals surface area contributed by atoms with Gasteiger partial charge in [0.15, 0.2) is 17.5 Å². The van der Waals surface area contributed by atoms with Crippen molar-refractivity contribution in [3.63, 3.8) is 0 Å². The monoisotopic (exact) mass is 489 g/mol. The molecule has 1 aromatic heterocycles. The molecule has 0 spiro atoms. The highest BCUT2D eigenvalue weighted by Crippen LogP contribution is 2.30. The zero-order valence-electron chi connectivity index (χ0n) is 21.5. The van der Waals surface area contributed by atoms with Crippen LogP contribution in [0.15, 0.2) is 127 Å². The fourth-order valence-electron chi connectivity index (χ4n) is 4.68. The van der Waals surface area contributed by atoms with Gasteiger partial charge in [0, 0.05) is 16.7 Å². The lowest BCUT2D eigenvalue weighted by Crippen LogP contribution is -2.00. The van der Waals surface area contributed by atoms with Crippen LogP contribution in [0.4, 0.5) is 0 Å². The van der Waals surface area contributed by atoms with Gasteiger partial charge in [-0.05, 0) is 48.2 Å². The van der Waals surface area contributed by atoms with Gasteiger partial charge in [0.25, 0.3) is 0 Å². The second-order valence-corrected chi connectivity index (χ2v) is 9.57. The van der Waals surface area contributed by atoms with Crippen LogP contribution in [0.3, 0.4) is 0 Å². The summed E-state index contributed by atoms with van der Waals surface area (Å²) >= 11 is 0. The standard InChI is InChI=1S/C35H27N3/c1-24-10-6-14-27(20-24)29-16-8-18-31(22-29)34-36-33(26-12-4-3-5-13-26)37-35(38-34)32-19-9-17-30(23-32)28-15-7-11-25(2)21-28/h3-23H,1-2H3. The highest BCUT2D eigenvalue weighted by atomic mass is 15.0. The molecule has 0 saturated heterocycles. The number of nitrogens with zero attached hydrogens (tertiary/aromatic N) is 3. The van der Waals surface area contributed by atoms with E-state index in [1.807, 2.05) is 30.3 Å². The Balaban J connectivity index is 1.49. The first-order valence-corrected chi connectivity index (χ1v) is 12.8.